The summed E-state index contributed by atoms with van der Waals surface area (Å²) in [7, 11) is -1.20. The third-order valence-corrected chi connectivity index (χ3v) is 5.11. The lowest BCUT2D eigenvalue weighted by atomic mass is 9.82. The van der Waals surface area contributed by atoms with Crippen molar-refractivity contribution < 1.29 is 14.3 Å². The fourth-order valence-corrected chi connectivity index (χ4v) is 2.88. The largest absolute Gasteiger partial charge is 0.464 e. The number of rotatable bonds is 5. The highest BCUT2D eigenvalue weighted by Crippen LogP contribution is 2.32. The molecule has 1 fully saturated rings. The van der Waals surface area contributed by atoms with Crippen LogP contribution >= 0.6 is 0 Å². The third-order valence-electron chi connectivity index (χ3n) is 3.41. The number of carbonyl (C=O) groups is 1. The number of aliphatic imine (C=N–C) groups is 1. The summed E-state index contributed by atoms with van der Waals surface area (Å²) in [5.41, 5.74) is -0.931. The fraction of sp³-hybridized carbons (Fsp3) is 0.846. The molecular weight excluding hydrogens is 246 g/mol. The van der Waals surface area contributed by atoms with Gasteiger partial charge in [-0.25, -0.2) is 9.59 Å². The summed E-state index contributed by atoms with van der Waals surface area (Å²) < 4.78 is 5.34. The maximum absolute atomic E-state index is 12.1. The molecule has 1 saturated carbocycles. The van der Waals surface area contributed by atoms with Crippen molar-refractivity contribution in [3.63, 3.8) is 0 Å². The summed E-state index contributed by atoms with van der Waals surface area (Å²) in [5.74, 6) is -0.330. The summed E-state index contributed by atoms with van der Waals surface area (Å²) >= 11 is 0. The Hall–Kier alpha value is -0.933. The van der Waals surface area contributed by atoms with Crippen molar-refractivity contribution in [2.75, 3.05) is 6.61 Å². The van der Waals surface area contributed by atoms with Crippen LogP contribution in [0, 0.1) is 0 Å². The van der Waals surface area contributed by atoms with Crippen LogP contribution in [0.1, 0.15) is 32.1 Å². The van der Waals surface area contributed by atoms with Gasteiger partial charge < -0.3 is 4.74 Å². The molecule has 0 aromatic heterocycles. The van der Waals surface area contributed by atoms with Crippen molar-refractivity contribution in [2.45, 2.75) is 63.3 Å². The third kappa shape index (κ3) is 4.39. The summed E-state index contributed by atoms with van der Waals surface area (Å²) in [5, 5.41) is 0. The van der Waals surface area contributed by atoms with Gasteiger partial charge in [-0.2, -0.15) is 4.99 Å². The van der Waals surface area contributed by atoms with Crippen LogP contribution in [-0.2, 0) is 14.3 Å². The summed E-state index contributed by atoms with van der Waals surface area (Å²) in [6.45, 7) is 7.16. The van der Waals surface area contributed by atoms with E-state index in [1.165, 1.54) is 0 Å². The van der Waals surface area contributed by atoms with E-state index in [1.807, 2.05) is 0 Å². The number of ether oxygens (including phenoxy) is 1. The number of esters is 1. The van der Waals surface area contributed by atoms with Gasteiger partial charge >= 0.3 is 5.97 Å². The van der Waals surface area contributed by atoms with Crippen molar-refractivity contribution in [3.05, 3.63) is 0 Å². The first-order valence-electron chi connectivity index (χ1n) is 6.66. The molecule has 4 nitrogen and oxygen atoms in total. The summed E-state index contributed by atoms with van der Waals surface area (Å²) in [6, 6.07) is 0.944. The summed E-state index contributed by atoms with van der Waals surface area (Å²) in [4.78, 5) is 26.4. The van der Waals surface area contributed by atoms with E-state index in [0.717, 1.165) is 25.3 Å². The van der Waals surface area contributed by atoms with Gasteiger partial charge in [0.2, 0.25) is 6.08 Å². The lowest BCUT2D eigenvalue weighted by molar-refractivity contribution is -0.150. The maximum atomic E-state index is 12.1. The molecule has 0 N–H and O–H groups in total. The molecule has 0 radical (unpaired) electrons. The highest BCUT2D eigenvalue weighted by Gasteiger charge is 2.41. The zero-order chi connectivity index (χ0) is 13.6. The Bertz CT molecular complexity index is 337. The lowest BCUT2D eigenvalue weighted by Gasteiger charge is -2.30. The molecule has 0 aromatic carbocycles. The molecule has 18 heavy (non-hydrogen) atoms. The normalized spacial score (nSPS) is 18.8. The number of nitrogens with zero attached hydrogens (tertiary/aromatic N) is 1. The van der Waals surface area contributed by atoms with Gasteiger partial charge in [0.05, 0.1) is 6.61 Å². The molecule has 0 aliphatic heterocycles. The van der Waals surface area contributed by atoms with E-state index >= 15 is 0 Å². The minimum absolute atomic E-state index is 0.330. The molecule has 5 heteroatoms. The first-order chi connectivity index (χ1) is 8.40. The van der Waals surface area contributed by atoms with E-state index in [0.29, 0.717) is 19.4 Å². The fourth-order valence-electron chi connectivity index (χ4n) is 2.17. The van der Waals surface area contributed by atoms with E-state index in [-0.39, 0.29) is 5.97 Å². The highest BCUT2D eigenvalue weighted by molar-refractivity contribution is 6.76. The molecule has 0 amide bonds. The van der Waals surface area contributed by atoms with E-state index in [1.54, 1.807) is 6.08 Å². The second-order valence-electron chi connectivity index (χ2n) is 6.24. The van der Waals surface area contributed by atoms with Gasteiger partial charge in [-0.05, 0) is 18.9 Å². The van der Waals surface area contributed by atoms with Crippen LogP contribution < -0.4 is 0 Å². The average Bonchev–Trinajstić information content (AvgIpc) is 2.29. The van der Waals surface area contributed by atoms with E-state index in [4.69, 9.17) is 4.74 Å². The van der Waals surface area contributed by atoms with Crippen LogP contribution in [0.2, 0.25) is 25.7 Å². The molecule has 102 valence electrons. The predicted molar refractivity (Wildman–Crippen MR) is 73.0 cm³/mol. The Morgan fingerprint density at radius 2 is 1.89 bits per heavy atom. The van der Waals surface area contributed by atoms with Crippen molar-refractivity contribution in [1.82, 2.24) is 0 Å². The number of hydrogen-bond acceptors (Lipinski definition) is 4. The first kappa shape index (κ1) is 15.1. The lowest BCUT2D eigenvalue weighted by Crippen LogP contribution is -2.40. The molecule has 0 bridgehead atoms. The number of isocyanates is 1. The number of carbonyl (C=O) groups excluding carboxylic acids is 2. The molecule has 0 saturated heterocycles. The predicted octanol–water partition coefficient (Wildman–Crippen LogP) is 2.91. The Balaban J connectivity index is 2.58. The Morgan fingerprint density at radius 3 is 2.39 bits per heavy atom. The van der Waals surface area contributed by atoms with Gasteiger partial charge in [0, 0.05) is 8.07 Å². The average molecular weight is 269 g/mol. The zero-order valence-corrected chi connectivity index (χ0v) is 12.6. The molecule has 0 spiro atoms. The van der Waals surface area contributed by atoms with Gasteiger partial charge in [-0.3, -0.25) is 0 Å². The monoisotopic (exact) mass is 269 g/mol. The minimum Gasteiger partial charge on any atom is -0.464 e. The van der Waals surface area contributed by atoms with Gasteiger partial charge in [-0.1, -0.05) is 38.9 Å². The van der Waals surface area contributed by atoms with Crippen molar-refractivity contribution in [3.8, 4) is 0 Å². The van der Waals surface area contributed by atoms with Crippen molar-refractivity contribution >= 4 is 20.1 Å². The highest BCUT2D eigenvalue weighted by atomic mass is 28.3. The first-order valence-corrected chi connectivity index (χ1v) is 10.4. The smallest absolute Gasteiger partial charge is 0.334 e. The Kier molecular flexibility index (Phi) is 5.29. The van der Waals surface area contributed by atoms with Crippen LogP contribution in [0.3, 0.4) is 0 Å². The quantitative estimate of drug-likeness (QED) is 0.334. The van der Waals surface area contributed by atoms with Gasteiger partial charge in [0.1, 0.15) is 0 Å². The minimum atomic E-state index is -1.20. The van der Waals surface area contributed by atoms with Crippen LogP contribution in [0.25, 0.3) is 0 Å². The molecule has 1 aliphatic rings. The molecular formula is C13H23NO3Si. The number of hydrogen-bond donors (Lipinski definition) is 0. The topological polar surface area (TPSA) is 55.7 Å². The van der Waals surface area contributed by atoms with Crippen molar-refractivity contribution in [2.24, 2.45) is 4.99 Å². The van der Waals surface area contributed by atoms with E-state index in [2.05, 4.69) is 24.6 Å². The Labute approximate surface area is 110 Å². The second-order valence-corrected chi connectivity index (χ2v) is 11.9. The van der Waals surface area contributed by atoms with Crippen LogP contribution in [0.15, 0.2) is 4.99 Å². The van der Waals surface area contributed by atoms with Crippen molar-refractivity contribution in [1.29, 1.82) is 0 Å². The molecule has 1 rings (SSSR count). The molecule has 0 aromatic rings. The van der Waals surface area contributed by atoms with Gasteiger partial charge in [0.25, 0.3) is 0 Å². The maximum Gasteiger partial charge on any atom is 0.334 e. The molecule has 1 aliphatic carbocycles. The molecule has 0 atom stereocenters. The van der Waals surface area contributed by atoms with Crippen LogP contribution in [0.4, 0.5) is 0 Å². The standard InChI is InChI=1S/C13H23NO3Si/c1-18(2,3)10-9-17-12(16)13(14-11-15)7-5-4-6-8-13/h4-10H2,1-3H3. The zero-order valence-electron chi connectivity index (χ0n) is 11.6. The van der Waals surface area contributed by atoms with Crippen LogP contribution in [-0.4, -0.2) is 32.3 Å². The summed E-state index contributed by atoms with van der Waals surface area (Å²) in [6.07, 6.45) is 5.73. The van der Waals surface area contributed by atoms with E-state index in [9.17, 15) is 9.59 Å². The molecule has 0 unspecified atom stereocenters. The SMILES string of the molecule is C[Si](C)(C)CCOC(=O)C1(N=C=O)CCCCC1. The van der Waals surface area contributed by atoms with Gasteiger partial charge in [-0.15, -0.1) is 0 Å². The molecule has 0 heterocycles. The van der Waals surface area contributed by atoms with Gasteiger partial charge in [0.15, 0.2) is 5.54 Å². The van der Waals surface area contributed by atoms with E-state index < -0.39 is 13.6 Å². The second kappa shape index (κ2) is 6.30. The van der Waals surface area contributed by atoms with Crippen LogP contribution in [0.5, 0.6) is 0 Å². The Morgan fingerprint density at radius 1 is 1.28 bits per heavy atom.